The van der Waals surface area contributed by atoms with Crippen molar-refractivity contribution in [2.45, 2.75) is 52.6 Å². The zero-order valence-corrected chi connectivity index (χ0v) is 57.2. The van der Waals surface area contributed by atoms with Crippen LogP contribution in [0.3, 0.4) is 0 Å². The van der Waals surface area contributed by atoms with Crippen molar-refractivity contribution in [1.29, 1.82) is 0 Å². The molecule has 12 aromatic rings. The molecule has 2 unspecified atom stereocenters. The number of nitrogens with one attached hydrogen (secondary N) is 6. The van der Waals surface area contributed by atoms with Gasteiger partial charge in [0, 0.05) is 106 Å². The summed E-state index contributed by atoms with van der Waals surface area (Å²) >= 11 is 9.53. The van der Waals surface area contributed by atoms with Crippen molar-refractivity contribution in [3.63, 3.8) is 0 Å². The van der Waals surface area contributed by atoms with Crippen molar-refractivity contribution >= 4 is 158 Å². The van der Waals surface area contributed by atoms with Gasteiger partial charge in [-0.1, -0.05) is 97.1 Å². The minimum atomic E-state index is -6.00. The number of aryl methyl sites for hydroxylation is 2. The van der Waals surface area contributed by atoms with Gasteiger partial charge in [-0.2, -0.15) is 0 Å². The van der Waals surface area contributed by atoms with Gasteiger partial charge in [0.1, 0.15) is 22.3 Å². The zero-order chi connectivity index (χ0) is 67.1. The van der Waals surface area contributed by atoms with Crippen molar-refractivity contribution < 1.29 is 63.1 Å². The van der Waals surface area contributed by atoms with E-state index in [0.717, 1.165) is 98.1 Å². The smallest absolute Gasteiger partial charge is 0.418 e. The van der Waals surface area contributed by atoms with Crippen molar-refractivity contribution in [2.24, 2.45) is 0 Å². The Morgan fingerprint density at radius 3 is 1.12 bits per heavy atom. The number of H-pyrrole nitrogens is 2. The van der Waals surface area contributed by atoms with Gasteiger partial charge in [0.25, 0.3) is 11.1 Å². The standard InChI is InChI=1S/2C29H26N5O4P.C8H12.CH2Cl2.BF4.Rh/c2*1-17-14-25(35)32-28(31-17)33-29(36)30-16-18-8-11-22-20(15-18)10-13-24-27(22)26-21-7-5-4-6-19(21)9-12-23(26)37-39(38-24)34(2)3;1-2-4-6-8-7-5-3-1;2-1-3;2-1(3,4)5;/h2*4-15H,16H2,1-3H3,(H3,30,31,32,33,35,36);1-2,7-8H,3-6H2;1H2;;/q;;;;-1;. The normalized spacial score (nSPS) is 12.7. The Hall–Kier alpha value is -8.19. The molecule has 0 saturated heterocycles. The molecule has 1 fully saturated rings. The Balaban J connectivity index is 0.000000196. The Kier molecular flexibility index (Phi) is 26.0. The molecule has 0 bridgehead atoms. The average molecular weight is 1460 g/mol. The summed E-state index contributed by atoms with van der Waals surface area (Å²) in [4.78, 5) is 61.4. The second-order valence-corrected chi connectivity index (χ2v) is 25.7. The molecule has 1 aliphatic carbocycles. The van der Waals surface area contributed by atoms with Crippen LogP contribution in [-0.2, 0) is 32.6 Å². The molecular formula is C67H66BCl2F4N10O8P2Rh-. The molecule has 4 amide bonds. The third-order valence-electron chi connectivity index (χ3n) is 14.2. The van der Waals surface area contributed by atoms with E-state index in [1.54, 1.807) is 13.8 Å². The SMILES string of the molecule is Cc1cc(=O)[nH]c(NC(=O)NCc2ccc3c(ccc4op(N(C)C)oc5ccc6ccccc6c5c43)c2)n1.Cc1cc(=O)[nH]c(NC(=O)NCc2ccc3c(ccc4op(N(C)C)oc5ccc6ccccc6c5c43)c2)n1.ClCCl.F[B-](F)(F)F.[CH]1[CH]CC[CH][CH]CC1.[Rh]. The second-order valence-electron chi connectivity index (χ2n) is 21.6. The molecule has 0 aliphatic heterocycles. The maximum Gasteiger partial charge on any atom is 0.673 e. The Morgan fingerprint density at radius 1 is 0.495 bits per heavy atom. The predicted molar refractivity (Wildman–Crippen MR) is 376 cm³/mol. The van der Waals surface area contributed by atoms with E-state index in [4.69, 9.17) is 40.0 Å². The van der Waals surface area contributed by atoms with Crippen LogP contribution < -0.4 is 41.7 Å². The molecule has 5 radical (unpaired) electrons. The first-order valence-corrected chi connectivity index (χ1v) is 32.8. The summed E-state index contributed by atoms with van der Waals surface area (Å²) in [6.45, 7) is 3.96. The summed E-state index contributed by atoms with van der Waals surface area (Å²) in [5, 5.41) is 23.5. The van der Waals surface area contributed by atoms with E-state index in [9.17, 15) is 36.4 Å². The molecule has 8 aromatic carbocycles. The van der Waals surface area contributed by atoms with Crippen molar-refractivity contribution in [1.82, 2.24) is 30.6 Å². The minimum Gasteiger partial charge on any atom is -0.418 e. The number of rotatable bonds is 8. The second kappa shape index (κ2) is 34.0. The maximum absolute atomic E-state index is 12.4. The van der Waals surface area contributed by atoms with Crippen LogP contribution in [-0.4, -0.2) is 72.8 Å². The molecule has 6 N–H and O–H groups in total. The summed E-state index contributed by atoms with van der Waals surface area (Å²) in [5.74, 6) is 0.203. The largest absolute Gasteiger partial charge is 0.673 e. The first kappa shape index (κ1) is 72.6. The molecule has 2 atom stereocenters. The van der Waals surface area contributed by atoms with E-state index in [2.05, 4.69) is 115 Å². The Morgan fingerprint density at radius 2 is 0.800 bits per heavy atom. The van der Waals surface area contributed by atoms with Gasteiger partial charge >= 0.3 is 35.6 Å². The van der Waals surface area contributed by atoms with Gasteiger partial charge in [0.15, 0.2) is 0 Å². The van der Waals surface area contributed by atoms with Crippen molar-refractivity contribution in [2.75, 3.05) is 53.5 Å². The van der Waals surface area contributed by atoms with Gasteiger partial charge in [0.05, 0.1) is 5.34 Å². The van der Waals surface area contributed by atoms with Crippen LogP contribution in [0.1, 0.15) is 48.2 Å². The van der Waals surface area contributed by atoms with E-state index in [1.165, 1.54) is 37.8 Å². The first-order chi connectivity index (χ1) is 45.1. The van der Waals surface area contributed by atoms with Gasteiger partial charge in [-0.15, -0.1) is 23.2 Å². The van der Waals surface area contributed by atoms with E-state index in [1.807, 2.05) is 122 Å². The van der Waals surface area contributed by atoms with E-state index in [-0.39, 0.29) is 47.8 Å². The topological polar surface area (TPSA) is 233 Å². The van der Waals surface area contributed by atoms with Gasteiger partial charge in [-0.3, -0.25) is 30.2 Å². The number of urea groups is 2. The molecule has 0 spiro atoms. The van der Waals surface area contributed by atoms with Gasteiger partial charge in [-0.05, 0) is 156 Å². The molecule has 1 saturated carbocycles. The minimum absolute atomic E-state index is 0. The summed E-state index contributed by atoms with van der Waals surface area (Å²) in [5.41, 5.74) is 5.32. The molecule has 28 heteroatoms. The molecule has 497 valence electrons. The number of hydrogen-bond acceptors (Lipinski definition) is 12. The van der Waals surface area contributed by atoms with Crippen LogP contribution in [0.25, 0.3) is 87.0 Å². The third kappa shape index (κ3) is 20.0. The molecule has 13 rings (SSSR count). The maximum atomic E-state index is 12.4. The van der Waals surface area contributed by atoms with Crippen molar-refractivity contribution in [3.05, 3.63) is 214 Å². The molecule has 4 heterocycles. The van der Waals surface area contributed by atoms with E-state index in [0.29, 0.717) is 24.5 Å². The number of aromatic amines is 2. The number of amides is 4. The summed E-state index contributed by atoms with van der Waals surface area (Å²) in [7, 11) is -0.889. The monoisotopic (exact) mass is 1460 g/mol. The molecule has 18 nitrogen and oxygen atoms in total. The number of hydrogen-bond donors (Lipinski definition) is 6. The zero-order valence-electron chi connectivity index (χ0n) is 52.2. The number of benzene rings is 8. The number of alkyl halides is 2. The quantitative estimate of drug-likeness (QED) is 0.0474. The molecule has 4 aromatic heterocycles. The number of carbonyl (C=O) groups excluding carboxylic acids is 2. The van der Waals surface area contributed by atoms with Crippen LogP contribution in [0, 0.1) is 39.5 Å². The first-order valence-electron chi connectivity index (χ1n) is 29.5. The number of halogens is 6. The number of carbonyl (C=O) groups is 2. The number of fused-ring (bicyclic) bond motifs is 14. The summed E-state index contributed by atoms with van der Waals surface area (Å²) < 4.78 is 68.5. The van der Waals surface area contributed by atoms with Crippen LogP contribution >= 0.6 is 39.5 Å². The van der Waals surface area contributed by atoms with E-state index >= 15 is 0 Å². The molecule has 1 aliphatic rings. The molecular weight excluding hydrogens is 1400 g/mol. The fraction of sp³-hybridized carbons (Fsp3) is 0.194. The van der Waals surface area contributed by atoms with Gasteiger partial charge in [-0.25, -0.2) is 28.9 Å². The van der Waals surface area contributed by atoms with Gasteiger partial charge < -0.3 is 44.7 Å². The molecule has 95 heavy (non-hydrogen) atoms. The summed E-state index contributed by atoms with van der Waals surface area (Å²) in [6.07, 6.45) is 14.0. The van der Waals surface area contributed by atoms with Crippen LogP contribution in [0.4, 0.5) is 38.7 Å². The third-order valence-corrected chi connectivity index (χ3v) is 16.9. The van der Waals surface area contributed by atoms with Crippen LogP contribution in [0.2, 0.25) is 0 Å². The average Bonchev–Trinajstić information content (AvgIpc) is 1.73. The fourth-order valence-electron chi connectivity index (χ4n) is 10.3. The van der Waals surface area contributed by atoms with Crippen LogP contribution in [0.15, 0.2) is 172 Å². The number of anilines is 2. The Labute approximate surface area is 568 Å². The van der Waals surface area contributed by atoms with Crippen molar-refractivity contribution in [3.8, 4) is 0 Å². The summed E-state index contributed by atoms with van der Waals surface area (Å²) in [6, 6.07) is 46.7. The van der Waals surface area contributed by atoms with E-state index < -0.39 is 35.6 Å². The predicted octanol–water partition coefficient (Wildman–Crippen LogP) is 18.1. The number of nitrogens with zero attached hydrogens (tertiary/aromatic N) is 4. The number of aromatic nitrogens is 4. The van der Waals surface area contributed by atoms with Gasteiger partial charge in [0.2, 0.25) is 11.9 Å². The fourth-order valence-corrected chi connectivity index (χ4v) is 12.3. The van der Waals surface area contributed by atoms with Crippen LogP contribution in [0.5, 0.6) is 0 Å². The Bertz CT molecular complexity index is 4590.